The minimum absolute atomic E-state index is 0.168. The van der Waals surface area contributed by atoms with Crippen molar-refractivity contribution in [2.75, 3.05) is 13.7 Å². The number of imidazole rings is 1. The van der Waals surface area contributed by atoms with E-state index in [9.17, 15) is 4.79 Å². The van der Waals surface area contributed by atoms with Gasteiger partial charge in [0.15, 0.2) is 11.5 Å². The number of benzene rings is 2. The number of nitrogens with one attached hydrogen (secondary N) is 1. The lowest BCUT2D eigenvalue weighted by Crippen LogP contribution is -2.25. The van der Waals surface area contributed by atoms with Crippen LogP contribution in [0.15, 0.2) is 79.6 Å². The van der Waals surface area contributed by atoms with Gasteiger partial charge in [-0.2, -0.15) is 0 Å². The fraction of sp³-hybridized carbons (Fsp3) is 0.250. The van der Waals surface area contributed by atoms with E-state index in [0.717, 1.165) is 59.7 Å². The van der Waals surface area contributed by atoms with E-state index in [1.807, 2.05) is 42.5 Å². The standard InChI is InChI=1S/C28H30N4O3/c1-3-9-21-13-14-25(26(18-21)34-2)35-17-7-6-16-32-24-12-5-4-11-23(24)31-27(32)20-30-28(33)22-10-8-15-29-19-22/h3-5,8,10-15,18-19H,1,6-7,9,16-17,20H2,2H3,(H,30,33). The van der Waals surface area contributed by atoms with Gasteiger partial charge in [-0.25, -0.2) is 4.98 Å². The normalized spacial score (nSPS) is 10.8. The molecule has 0 saturated carbocycles. The predicted molar refractivity (Wildman–Crippen MR) is 137 cm³/mol. The van der Waals surface area contributed by atoms with Crippen LogP contribution < -0.4 is 14.8 Å². The molecule has 0 atom stereocenters. The van der Waals surface area contributed by atoms with Gasteiger partial charge in [-0.05, 0) is 61.2 Å². The molecule has 4 aromatic rings. The molecule has 35 heavy (non-hydrogen) atoms. The third-order valence-electron chi connectivity index (χ3n) is 5.71. The van der Waals surface area contributed by atoms with Gasteiger partial charge >= 0.3 is 0 Å². The molecule has 7 heteroatoms. The number of hydrogen-bond donors (Lipinski definition) is 1. The smallest absolute Gasteiger partial charge is 0.253 e. The number of pyridine rings is 1. The molecule has 0 aliphatic rings. The molecule has 0 unspecified atom stereocenters. The van der Waals surface area contributed by atoms with E-state index in [1.54, 1.807) is 31.6 Å². The Morgan fingerprint density at radius 3 is 2.80 bits per heavy atom. The van der Waals surface area contributed by atoms with Crippen molar-refractivity contribution in [2.24, 2.45) is 0 Å². The number of methoxy groups -OCH3 is 1. The molecule has 7 nitrogen and oxygen atoms in total. The maximum absolute atomic E-state index is 12.5. The summed E-state index contributed by atoms with van der Waals surface area (Å²) in [5, 5.41) is 2.96. The first-order chi connectivity index (χ1) is 17.2. The molecule has 0 bridgehead atoms. The molecule has 2 aromatic heterocycles. The van der Waals surface area contributed by atoms with Crippen molar-refractivity contribution in [1.82, 2.24) is 19.9 Å². The summed E-state index contributed by atoms with van der Waals surface area (Å²) in [6.45, 7) is 5.48. The molecular weight excluding hydrogens is 440 g/mol. The Labute approximate surface area is 205 Å². The number of amides is 1. The van der Waals surface area contributed by atoms with Crippen LogP contribution in [0.5, 0.6) is 11.5 Å². The number of rotatable bonds is 12. The second-order valence-corrected chi connectivity index (χ2v) is 8.13. The fourth-order valence-corrected chi connectivity index (χ4v) is 3.95. The third kappa shape index (κ3) is 6.06. The van der Waals surface area contributed by atoms with E-state index < -0.39 is 0 Å². The van der Waals surface area contributed by atoms with Crippen LogP contribution >= 0.6 is 0 Å². The van der Waals surface area contributed by atoms with Crippen LogP contribution in [0.4, 0.5) is 0 Å². The number of unbranched alkanes of at least 4 members (excludes halogenated alkanes) is 1. The maximum Gasteiger partial charge on any atom is 0.253 e. The highest BCUT2D eigenvalue weighted by molar-refractivity contribution is 5.93. The molecule has 0 saturated heterocycles. The summed E-state index contributed by atoms with van der Waals surface area (Å²) in [6, 6.07) is 17.5. The summed E-state index contributed by atoms with van der Waals surface area (Å²) >= 11 is 0. The summed E-state index contributed by atoms with van der Waals surface area (Å²) in [4.78, 5) is 21.2. The molecule has 0 aliphatic carbocycles. The van der Waals surface area contributed by atoms with E-state index in [4.69, 9.17) is 14.5 Å². The number of carbonyl (C=O) groups excluding carboxylic acids is 1. The lowest BCUT2D eigenvalue weighted by molar-refractivity contribution is 0.0949. The highest BCUT2D eigenvalue weighted by atomic mass is 16.5. The van der Waals surface area contributed by atoms with Crippen LogP contribution in [-0.2, 0) is 19.5 Å². The Hall–Kier alpha value is -4.13. The second kappa shape index (κ2) is 11.8. The van der Waals surface area contributed by atoms with Crippen LogP contribution in [0.3, 0.4) is 0 Å². The molecule has 2 heterocycles. The molecule has 1 amide bonds. The quantitative estimate of drug-likeness (QED) is 0.234. The number of fused-ring (bicyclic) bond motifs is 1. The number of carbonyl (C=O) groups is 1. The molecule has 180 valence electrons. The van der Waals surface area contributed by atoms with Crippen LogP contribution in [-0.4, -0.2) is 34.2 Å². The molecule has 0 spiro atoms. The van der Waals surface area contributed by atoms with Crippen LogP contribution in [0.2, 0.25) is 0 Å². The first kappa shape index (κ1) is 24.0. The highest BCUT2D eigenvalue weighted by Gasteiger charge is 2.13. The first-order valence-corrected chi connectivity index (χ1v) is 11.7. The van der Waals surface area contributed by atoms with Gasteiger partial charge in [0.25, 0.3) is 5.91 Å². The molecular formula is C28H30N4O3. The fourth-order valence-electron chi connectivity index (χ4n) is 3.95. The summed E-state index contributed by atoms with van der Waals surface area (Å²) in [6.07, 6.45) is 7.63. The molecule has 0 aliphatic heterocycles. The van der Waals surface area contributed by atoms with Crippen molar-refractivity contribution in [1.29, 1.82) is 0 Å². The highest BCUT2D eigenvalue weighted by Crippen LogP contribution is 2.28. The van der Waals surface area contributed by atoms with E-state index >= 15 is 0 Å². The van der Waals surface area contributed by atoms with Gasteiger partial charge in [0, 0.05) is 18.9 Å². The number of para-hydroxylation sites is 2. The van der Waals surface area contributed by atoms with Crippen molar-refractivity contribution in [2.45, 2.75) is 32.4 Å². The van der Waals surface area contributed by atoms with Gasteiger partial charge in [0.05, 0.1) is 36.9 Å². The first-order valence-electron chi connectivity index (χ1n) is 11.7. The summed E-state index contributed by atoms with van der Waals surface area (Å²) < 4.78 is 13.6. The summed E-state index contributed by atoms with van der Waals surface area (Å²) in [7, 11) is 1.65. The van der Waals surface area contributed by atoms with Crippen LogP contribution in [0, 0.1) is 0 Å². The zero-order valence-electron chi connectivity index (χ0n) is 19.9. The van der Waals surface area contributed by atoms with Gasteiger partial charge < -0.3 is 19.4 Å². The molecule has 4 rings (SSSR count). The Bertz CT molecular complexity index is 1280. The Morgan fingerprint density at radius 2 is 2.00 bits per heavy atom. The zero-order valence-corrected chi connectivity index (χ0v) is 19.9. The Balaban J connectivity index is 1.36. The molecule has 0 radical (unpaired) electrons. The number of aromatic nitrogens is 3. The Morgan fingerprint density at radius 1 is 1.11 bits per heavy atom. The topological polar surface area (TPSA) is 78.3 Å². The number of ether oxygens (including phenoxy) is 2. The van der Waals surface area contributed by atoms with Gasteiger partial charge in [0.2, 0.25) is 0 Å². The van der Waals surface area contributed by atoms with Crippen molar-refractivity contribution < 1.29 is 14.3 Å². The van der Waals surface area contributed by atoms with Gasteiger partial charge in [-0.15, -0.1) is 6.58 Å². The third-order valence-corrected chi connectivity index (χ3v) is 5.71. The minimum Gasteiger partial charge on any atom is -0.493 e. The van der Waals surface area contributed by atoms with Gasteiger partial charge in [-0.3, -0.25) is 9.78 Å². The Kier molecular flexibility index (Phi) is 8.12. The molecule has 2 aromatic carbocycles. The second-order valence-electron chi connectivity index (χ2n) is 8.13. The van der Waals surface area contributed by atoms with Crippen molar-refractivity contribution >= 4 is 16.9 Å². The number of nitrogens with zero attached hydrogens (tertiary/aromatic N) is 3. The predicted octanol–water partition coefficient (Wildman–Crippen LogP) is 4.96. The lowest BCUT2D eigenvalue weighted by atomic mass is 10.1. The average Bonchev–Trinajstić information content (AvgIpc) is 3.25. The minimum atomic E-state index is -0.168. The number of aryl methyl sites for hydroxylation is 1. The van der Waals surface area contributed by atoms with E-state index in [-0.39, 0.29) is 5.91 Å². The van der Waals surface area contributed by atoms with E-state index in [0.29, 0.717) is 18.7 Å². The monoisotopic (exact) mass is 470 g/mol. The largest absolute Gasteiger partial charge is 0.493 e. The van der Waals surface area contributed by atoms with Crippen molar-refractivity contribution in [3.05, 3.63) is 96.6 Å². The maximum atomic E-state index is 12.5. The van der Waals surface area contributed by atoms with Gasteiger partial charge in [-0.1, -0.05) is 24.3 Å². The number of hydrogen-bond acceptors (Lipinski definition) is 5. The number of allylic oxidation sites excluding steroid dienone is 1. The lowest BCUT2D eigenvalue weighted by Gasteiger charge is -2.13. The molecule has 0 fully saturated rings. The van der Waals surface area contributed by atoms with Gasteiger partial charge in [0.1, 0.15) is 5.82 Å². The SMILES string of the molecule is C=CCc1ccc(OCCCCn2c(CNC(=O)c3cccnc3)nc3ccccc32)c(OC)c1. The van der Waals surface area contributed by atoms with Crippen LogP contribution in [0.25, 0.3) is 11.0 Å². The van der Waals surface area contributed by atoms with E-state index in [1.165, 1.54) is 0 Å². The van der Waals surface area contributed by atoms with Crippen molar-refractivity contribution in [3.8, 4) is 11.5 Å². The zero-order chi connectivity index (χ0) is 24.5. The summed E-state index contributed by atoms with van der Waals surface area (Å²) in [5.41, 5.74) is 3.64. The summed E-state index contributed by atoms with van der Waals surface area (Å²) in [5.74, 6) is 2.13. The average molecular weight is 471 g/mol. The van der Waals surface area contributed by atoms with Crippen molar-refractivity contribution in [3.63, 3.8) is 0 Å². The van der Waals surface area contributed by atoms with E-state index in [2.05, 4.69) is 27.5 Å². The van der Waals surface area contributed by atoms with Crippen LogP contribution in [0.1, 0.15) is 34.6 Å². The molecule has 1 N–H and O–H groups in total.